The van der Waals surface area contributed by atoms with Crippen LogP contribution in [-0.2, 0) is 6.54 Å². The van der Waals surface area contributed by atoms with Crippen molar-refractivity contribution in [3.8, 4) is 11.8 Å². The van der Waals surface area contributed by atoms with Crippen LogP contribution in [0.1, 0.15) is 36.8 Å². The van der Waals surface area contributed by atoms with Gasteiger partial charge in [-0.05, 0) is 61.3 Å². The largest absolute Gasteiger partial charge is 0.384 e. The molecule has 0 unspecified atom stereocenters. The Morgan fingerprint density at radius 3 is 2.33 bits per heavy atom. The van der Waals surface area contributed by atoms with Crippen LogP contribution < -0.4 is 0 Å². The molecule has 0 atom stereocenters. The van der Waals surface area contributed by atoms with Gasteiger partial charge in [-0.3, -0.25) is 4.90 Å². The van der Waals surface area contributed by atoms with Crippen molar-refractivity contribution < 1.29 is 9.50 Å². The summed E-state index contributed by atoms with van der Waals surface area (Å²) in [5.74, 6) is 6.84. The topological polar surface area (TPSA) is 23.5 Å². The van der Waals surface area contributed by atoms with Crippen molar-refractivity contribution in [3.63, 3.8) is 0 Å². The first-order chi connectivity index (χ1) is 10.2. The van der Waals surface area contributed by atoms with Crippen LogP contribution in [0.3, 0.4) is 0 Å². The van der Waals surface area contributed by atoms with Crippen LogP contribution in [-0.4, -0.2) is 29.7 Å². The number of halogens is 1. The first kappa shape index (κ1) is 14.6. The van der Waals surface area contributed by atoms with Gasteiger partial charge < -0.3 is 5.11 Å². The third kappa shape index (κ3) is 4.84. The van der Waals surface area contributed by atoms with E-state index >= 15 is 0 Å². The zero-order chi connectivity index (χ0) is 14.7. The molecule has 3 rings (SSSR count). The maximum Gasteiger partial charge on any atom is 0.124 e. The SMILES string of the molecule is OCC#Cc1cc(F)cc(CN(CC2CC2)CC2CC2)c1. The average molecular weight is 287 g/mol. The van der Waals surface area contributed by atoms with Crippen molar-refractivity contribution in [2.45, 2.75) is 32.2 Å². The highest BCUT2D eigenvalue weighted by Gasteiger charge is 2.29. The van der Waals surface area contributed by atoms with E-state index < -0.39 is 0 Å². The second-order valence-electron chi connectivity index (χ2n) is 6.39. The Kier molecular flexibility index (Phi) is 4.57. The monoisotopic (exact) mass is 287 g/mol. The first-order valence-corrected chi connectivity index (χ1v) is 7.84. The molecule has 21 heavy (non-hydrogen) atoms. The molecule has 1 aromatic carbocycles. The fourth-order valence-electron chi connectivity index (χ4n) is 2.75. The van der Waals surface area contributed by atoms with E-state index in [0.717, 1.165) is 37.0 Å². The van der Waals surface area contributed by atoms with E-state index in [9.17, 15) is 4.39 Å². The molecule has 1 N–H and O–H groups in total. The molecule has 0 spiro atoms. The normalized spacial score (nSPS) is 17.7. The van der Waals surface area contributed by atoms with Gasteiger partial charge in [-0.2, -0.15) is 0 Å². The van der Waals surface area contributed by atoms with Gasteiger partial charge in [0.15, 0.2) is 0 Å². The second-order valence-corrected chi connectivity index (χ2v) is 6.39. The summed E-state index contributed by atoms with van der Waals surface area (Å²) in [4.78, 5) is 2.48. The van der Waals surface area contributed by atoms with Gasteiger partial charge in [0.2, 0.25) is 0 Å². The molecule has 2 aliphatic carbocycles. The van der Waals surface area contributed by atoms with Gasteiger partial charge in [0.05, 0.1) is 0 Å². The molecular formula is C18H22FNO. The van der Waals surface area contributed by atoms with Crippen LogP contribution >= 0.6 is 0 Å². The summed E-state index contributed by atoms with van der Waals surface area (Å²) in [5.41, 5.74) is 1.63. The Balaban J connectivity index is 1.69. The average Bonchev–Trinajstić information content (AvgIpc) is 3.32. The number of aliphatic hydroxyl groups is 1. The minimum absolute atomic E-state index is 0.193. The number of rotatable bonds is 6. The molecular weight excluding hydrogens is 265 g/mol. The number of aliphatic hydroxyl groups excluding tert-OH is 1. The van der Waals surface area contributed by atoms with E-state index in [-0.39, 0.29) is 12.4 Å². The lowest BCUT2D eigenvalue weighted by molar-refractivity contribution is 0.244. The molecule has 112 valence electrons. The Morgan fingerprint density at radius 1 is 1.10 bits per heavy atom. The lowest BCUT2D eigenvalue weighted by Gasteiger charge is -2.22. The summed E-state index contributed by atoms with van der Waals surface area (Å²) in [6.45, 7) is 2.90. The van der Waals surface area contributed by atoms with Gasteiger partial charge in [-0.25, -0.2) is 4.39 Å². The second kappa shape index (κ2) is 6.60. The molecule has 2 aliphatic rings. The van der Waals surface area contributed by atoms with Crippen molar-refractivity contribution in [1.29, 1.82) is 0 Å². The summed E-state index contributed by atoms with van der Waals surface area (Å²) in [6, 6.07) is 4.98. The molecule has 0 radical (unpaired) electrons. The van der Waals surface area contributed by atoms with Crippen molar-refractivity contribution in [1.82, 2.24) is 4.90 Å². The van der Waals surface area contributed by atoms with Crippen LogP contribution in [0.2, 0.25) is 0 Å². The molecule has 2 fully saturated rings. The predicted octanol–water partition coefficient (Wildman–Crippen LogP) is 2.79. The van der Waals surface area contributed by atoms with E-state index in [2.05, 4.69) is 16.7 Å². The molecule has 0 aromatic heterocycles. The third-order valence-electron chi connectivity index (χ3n) is 4.10. The molecule has 2 nitrogen and oxygen atoms in total. The van der Waals surface area contributed by atoms with Gasteiger partial charge >= 0.3 is 0 Å². The summed E-state index contributed by atoms with van der Waals surface area (Å²) in [7, 11) is 0. The van der Waals surface area contributed by atoms with Crippen LogP contribution in [0.15, 0.2) is 18.2 Å². The molecule has 2 saturated carbocycles. The highest BCUT2D eigenvalue weighted by atomic mass is 19.1. The van der Waals surface area contributed by atoms with E-state index in [0.29, 0.717) is 5.56 Å². The summed E-state index contributed by atoms with van der Waals surface area (Å²) < 4.78 is 13.7. The standard InChI is InChI=1S/C18H22FNO/c19-18-9-16(2-1-7-21)8-17(10-18)13-20(11-14-3-4-14)12-15-5-6-15/h8-10,14-15,21H,3-7,11-13H2. The quantitative estimate of drug-likeness (QED) is 0.813. The van der Waals surface area contributed by atoms with Crippen molar-refractivity contribution >= 4 is 0 Å². The van der Waals surface area contributed by atoms with E-state index in [1.54, 1.807) is 6.07 Å². The summed E-state index contributed by atoms with van der Waals surface area (Å²) in [6.07, 6.45) is 5.38. The van der Waals surface area contributed by atoms with Gasteiger partial charge in [0.25, 0.3) is 0 Å². The van der Waals surface area contributed by atoms with Crippen LogP contribution in [0.25, 0.3) is 0 Å². The molecule has 0 bridgehead atoms. The molecule has 0 amide bonds. The Labute approximate surface area is 126 Å². The molecule has 0 aliphatic heterocycles. The Morgan fingerprint density at radius 2 is 1.76 bits per heavy atom. The van der Waals surface area contributed by atoms with Crippen LogP contribution in [0, 0.1) is 29.5 Å². The summed E-state index contributed by atoms with van der Waals surface area (Å²) >= 11 is 0. The maximum absolute atomic E-state index is 13.7. The maximum atomic E-state index is 13.7. The van der Waals surface area contributed by atoms with Crippen molar-refractivity contribution in [2.24, 2.45) is 11.8 Å². The highest BCUT2D eigenvalue weighted by Crippen LogP contribution is 2.34. The predicted molar refractivity (Wildman–Crippen MR) is 81.1 cm³/mol. The third-order valence-corrected chi connectivity index (χ3v) is 4.10. The first-order valence-electron chi connectivity index (χ1n) is 7.84. The molecule has 0 saturated heterocycles. The van der Waals surface area contributed by atoms with Crippen molar-refractivity contribution in [3.05, 3.63) is 35.1 Å². The van der Waals surface area contributed by atoms with E-state index in [1.807, 2.05) is 6.07 Å². The summed E-state index contributed by atoms with van der Waals surface area (Å²) in [5, 5.41) is 8.75. The molecule has 3 heteroatoms. The molecule has 1 aromatic rings. The van der Waals surface area contributed by atoms with Crippen LogP contribution in [0.4, 0.5) is 4.39 Å². The Bertz CT molecular complexity index is 538. The minimum Gasteiger partial charge on any atom is -0.384 e. The van der Waals surface area contributed by atoms with E-state index in [4.69, 9.17) is 5.11 Å². The Hall–Kier alpha value is -1.37. The highest BCUT2D eigenvalue weighted by molar-refractivity contribution is 5.37. The lowest BCUT2D eigenvalue weighted by atomic mass is 10.1. The van der Waals surface area contributed by atoms with Crippen molar-refractivity contribution in [2.75, 3.05) is 19.7 Å². The van der Waals surface area contributed by atoms with Gasteiger partial charge in [-0.15, -0.1) is 0 Å². The number of nitrogens with zero attached hydrogens (tertiary/aromatic N) is 1. The fraction of sp³-hybridized carbons (Fsp3) is 0.556. The van der Waals surface area contributed by atoms with Gasteiger partial charge in [-0.1, -0.05) is 11.8 Å². The lowest BCUT2D eigenvalue weighted by Crippen LogP contribution is -2.28. The van der Waals surface area contributed by atoms with Crippen LogP contribution in [0.5, 0.6) is 0 Å². The number of hydrogen-bond acceptors (Lipinski definition) is 2. The van der Waals surface area contributed by atoms with Gasteiger partial charge in [0.1, 0.15) is 12.4 Å². The fourth-order valence-corrected chi connectivity index (χ4v) is 2.75. The smallest absolute Gasteiger partial charge is 0.124 e. The van der Waals surface area contributed by atoms with E-state index in [1.165, 1.54) is 31.7 Å². The number of benzene rings is 1. The number of hydrogen-bond donors (Lipinski definition) is 1. The zero-order valence-corrected chi connectivity index (χ0v) is 12.3. The zero-order valence-electron chi connectivity index (χ0n) is 12.3. The van der Waals surface area contributed by atoms with Gasteiger partial charge in [0, 0.05) is 25.2 Å². The molecule has 0 heterocycles. The minimum atomic E-state index is -0.243.